The number of hydrogen-bond acceptors (Lipinski definition) is 3. The highest BCUT2D eigenvalue weighted by Gasteiger charge is 2.06. The van der Waals surface area contributed by atoms with E-state index >= 15 is 0 Å². The standard InChI is InChI=1S/C16H16N2S/c1-2-6-14(7-3-1)19-15-8-9-16(18-12-15)13-5-4-10-17-11-13/h1-3,5-9,12,17H,4,10-11H2. The van der Waals surface area contributed by atoms with Gasteiger partial charge in [-0.2, -0.15) is 0 Å². The van der Waals surface area contributed by atoms with Crippen LogP contribution in [-0.2, 0) is 0 Å². The van der Waals surface area contributed by atoms with Crippen LogP contribution < -0.4 is 5.32 Å². The third kappa shape index (κ3) is 3.25. The smallest absolute Gasteiger partial charge is 0.0672 e. The molecule has 96 valence electrons. The first-order valence-corrected chi connectivity index (χ1v) is 7.32. The Morgan fingerprint density at radius 2 is 1.89 bits per heavy atom. The van der Waals surface area contributed by atoms with Gasteiger partial charge >= 0.3 is 0 Å². The second-order valence-corrected chi connectivity index (χ2v) is 5.64. The Kier molecular flexibility index (Phi) is 3.96. The number of rotatable bonds is 3. The molecule has 0 unspecified atom stereocenters. The fraction of sp³-hybridized carbons (Fsp3) is 0.188. The minimum absolute atomic E-state index is 0.929. The maximum atomic E-state index is 4.57. The molecule has 0 amide bonds. The summed E-state index contributed by atoms with van der Waals surface area (Å²) in [4.78, 5) is 7.00. The Hall–Kier alpha value is -1.58. The molecule has 0 atom stereocenters. The zero-order valence-corrected chi connectivity index (χ0v) is 11.5. The van der Waals surface area contributed by atoms with Crippen molar-refractivity contribution in [2.24, 2.45) is 0 Å². The van der Waals surface area contributed by atoms with Crippen LogP contribution in [0.3, 0.4) is 0 Å². The quantitative estimate of drug-likeness (QED) is 0.920. The zero-order chi connectivity index (χ0) is 12.9. The number of nitrogens with one attached hydrogen (secondary N) is 1. The lowest BCUT2D eigenvalue weighted by Crippen LogP contribution is -2.21. The molecule has 0 saturated heterocycles. The van der Waals surface area contributed by atoms with Crippen molar-refractivity contribution in [2.75, 3.05) is 13.1 Å². The molecule has 0 spiro atoms. The molecule has 0 fully saturated rings. The topological polar surface area (TPSA) is 24.9 Å². The van der Waals surface area contributed by atoms with Crippen LogP contribution in [0.4, 0.5) is 0 Å². The van der Waals surface area contributed by atoms with Gasteiger partial charge in [-0.05, 0) is 42.8 Å². The lowest BCUT2D eigenvalue weighted by atomic mass is 10.1. The van der Waals surface area contributed by atoms with E-state index in [1.165, 1.54) is 15.4 Å². The third-order valence-electron chi connectivity index (χ3n) is 3.07. The van der Waals surface area contributed by atoms with Crippen molar-refractivity contribution in [2.45, 2.75) is 16.2 Å². The van der Waals surface area contributed by atoms with Gasteiger partial charge in [0, 0.05) is 22.5 Å². The largest absolute Gasteiger partial charge is 0.312 e. The van der Waals surface area contributed by atoms with Crippen LogP contribution in [0.25, 0.3) is 5.57 Å². The highest BCUT2D eigenvalue weighted by Crippen LogP contribution is 2.27. The van der Waals surface area contributed by atoms with Crippen molar-refractivity contribution < 1.29 is 0 Å². The molecule has 2 heterocycles. The maximum Gasteiger partial charge on any atom is 0.0672 e. The second-order valence-electron chi connectivity index (χ2n) is 4.49. The number of aromatic nitrogens is 1. The van der Waals surface area contributed by atoms with E-state index in [0.29, 0.717) is 0 Å². The van der Waals surface area contributed by atoms with E-state index in [-0.39, 0.29) is 0 Å². The summed E-state index contributed by atoms with van der Waals surface area (Å²) in [5, 5.41) is 3.37. The molecule has 1 aliphatic rings. The van der Waals surface area contributed by atoms with Crippen molar-refractivity contribution in [1.82, 2.24) is 10.3 Å². The van der Waals surface area contributed by atoms with Gasteiger partial charge in [-0.25, -0.2) is 0 Å². The van der Waals surface area contributed by atoms with Gasteiger partial charge in [0.2, 0.25) is 0 Å². The SMILES string of the molecule is C1=C(c2ccc(Sc3ccccc3)cn2)CNCC1. The van der Waals surface area contributed by atoms with E-state index in [4.69, 9.17) is 0 Å². The Balaban J connectivity index is 1.74. The molecule has 3 rings (SSSR count). The van der Waals surface area contributed by atoms with E-state index in [9.17, 15) is 0 Å². The van der Waals surface area contributed by atoms with Crippen molar-refractivity contribution in [3.05, 3.63) is 60.4 Å². The Bertz CT molecular complexity index is 561. The van der Waals surface area contributed by atoms with E-state index in [2.05, 4.69) is 52.8 Å². The predicted molar refractivity (Wildman–Crippen MR) is 80.3 cm³/mol. The van der Waals surface area contributed by atoms with Crippen LogP contribution in [0, 0.1) is 0 Å². The maximum absolute atomic E-state index is 4.57. The fourth-order valence-electron chi connectivity index (χ4n) is 2.09. The molecule has 2 aromatic rings. The van der Waals surface area contributed by atoms with Gasteiger partial charge in [0.05, 0.1) is 5.69 Å². The summed E-state index contributed by atoms with van der Waals surface area (Å²) >= 11 is 1.75. The van der Waals surface area contributed by atoms with E-state index < -0.39 is 0 Å². The first kappa shape index (κ1) is 12.5. The van der Waals surface area contributed by atoms with Crippen LogP contribution in [0.1, 0.15) is 12.1 Å². The molecule has 19 heavy (non-hydrogen) atoms. The molecule has 1 N–H and O–H groups in total. The first-order chi connectivity index (χ1) is 9.42. The monoisotopic (exact) mass is 268 g/mol. The van der Waals surface area contributed by atoms with Crippen LogP contribution >= 0.6 is 11.8 Å². The summed E-state index contributed by atoms with van der Waals surface area (Å²) in [6, 6.07) is 14.6. The van der Waals surface area contributed by atoms with Crippen molar-refractivity contribution >= 4 is 17.3 Å². The first-order valence-electron chi connectivity index (χ1n) is 6.51. The summed E-state index contributed by atoms with van der Waals surface area (Å²) < 4.78 is 0. The lowest BCUT2D eigenvalue weighted by molar-refractivity contribution is 0.737. The summed E-state index contributed by atoms with van der Waals surface area (Å²) in [6.45, 7) is 2.00. The highest BCUT2D eigenvalue weighted by atomic mass is 32.2. The number of benzene rings is 1. The van der Waals surface area contributed by atoms with Crippen LogP contribution in [0.2, 0.25) is 0 Å². The minimum atomic E-state index is 0.929. The van der Waals surface area contributed by atoms with Gasteiger partial charge in [-0.3, -0.25) is 4.98 Å². The molecule has 1 aromatic heterocycles. The normalized spacial score (nSPS) is 15.1. The van der Waals surface area contributed by atoms with Crippen LogP contribution in [-0.4, -0.2) is 18.1 Å². The zero-order valence-electron chi connectivity index (χ0n) is 10.7. The summed E-state index contributed by atoms with van der Waals surface area (Å²) in [7, 11) is 0. The summed E-state index contributed by atoms with van der Waals surface area (Å²) in [5.74, 6) is 0. The minimum Gasteiger partial charge on any atom is -0.312 e. The molecule has 0 bridgehead atoms. The van der Waals surface area contributed by atoms with Crippen LogP contribution in [0.5, 0.6) is 0 Å². The van der Waals surface area contributed by atoms with Crippen molar-refractivity contribution in [1.29, 1.82) is 0 Å². The van der Waals surface area contributed by atoms with E-state index in [1.807, 2.05) is 12.3 Å². The molecule has 1 aromatic carbocycles. The van der Waals surface area contributed by atoms with Gasteiger partial charge in [-0.1, -0.05) is 36.0 Å². The predicted octanol–water partition coefficient (Wildman–Crippen LogP) is 3.61. The fourth-order valence-corrected chi connectivity index (χ4v) is 2.90. The summed E-state index contributed by atoms with van der Waals surface area (Å²) in [6.07, 6.45) is 5.34. The average molecular weight is 268 g/mol. The molecule has 3 heteroatoms. The van der Waals surface area contributed by atoms with Crippen molar-refractivity contribution in [3.63, 3.8) is 0 Å². The van der Waals surface area contributed by atoms with Gasteiger partial charge in [-0.15, -0.1) is 0 Å². The summed E-state index contributed by atoms with van der Waals surface area (Å²) in [5.41, 5.74) is 2.40. The second kappa shape index (κ2) is 6.04. The molecule has 1 aliphatic heterocycles. The number of hydrogen-bond donors (Lipinski definition) is 1. The van der Waals surface area contributed by atoms with E-state index in [1.54, 1.807) is 11.8 Å². The lowest BCUT2D eigenvalue weighted by Gasteiger charge is -2.13. The Morgan fingerprint density at radius 1 is 1.00 bits per heavy atom. The van der Waals surface area contributed by atoms with Gasteiger partial charge in [0.1, 0.15) is 0 Å². The average Bonchev–Trinajstić information content (AvgIpc) is 2.50. The molecular weight excluding hydrogens is 252 g/mol. The van der Waals surface area contributed by atoms with Crippen LogP contribution in [0.15, 0.2) is 64.5 Å². The van der Waals surface area contributed by atoms with Gasteiger partial charge in [0.25, 0.3) is 0 Å². The van der Waals surface area contributed by atoms with Gasteiger partial charge in [0.15, 0.2) is 0 Å². The third-order valence-corrected chi connectivity index (χ3v) is 4.06. The molecular formula is C16H16N2S. The molecule has 2 nitrogen and oxygen atoms in total. The number of nitrogens with zero attached hydrogens (tertiary/aromatic N) is 1. The highest BCUT2D eigenvalue weighted by molar-refractivity contribution is 7.99. The Morgan fingerprint density at radius 3 is 2.58 bits per heavy atom. The molecule has 0 saturated carbocycles. The Labute approximate surface area is 118 Å². The van der Waals surface area contributed by atoms with E-state index in [0.717, 1.165) is 25.2 Å². The van der Waals surface area contributed by atoms with Crippen molar-refractivity contribution in [3.8, 4) is 0 Å². The number of pyridine rings is 1. The van der Waals surface area contributed by atoms with Gasteiger partial charge < -0.3 is 5.32 Å². The molecule has 0 aliphatic carbocycles. The molecule has 0 radical (unpaired) electrons.